The highest BCUT2D eigenvalue weighted by Crippen LogP contribution is 2.34. The number of benzene rings is 4. The molecule has 0 aliphatic rings. The molecule has 6 aromatic rings. The summed E-state index contributed by atoms with van der Waals surface area (Å²) < 4.78 is 6.98. The lowest BCUT2D eigenvalue weighted by Gasteiger charge is -2.11. The second-order valence-corrected chi connectivity index (χ2v) is 8.73. The Morgan fingerprint density at radius 3 is 2.16 bits per heavy atom. The molecule has 0 amide bonds. The minimum absolute atomic E-state index is 0.692. The predicted octanol–water partition coefficient (Wildman–Crippen LogP) is 7.98. The molecule has 2 heterocycles. The molecule has 0 spiro atoms. The topological polar surface area (TPSA) is 38.9 Å². The Hall–Kier alpha value is -3.51. The summed E-state index contributed by atoms with van der Waals surface area (Å²) in [4.78, 5) is 9.69. The van der Waals surface area contributed by atoms with Gasteiger partial charge in [0.2, 0.25) is 0 Å². The number of hydrogen-bond donors (Lipinski definition) is 0. The van der Waals surface area contributed by atoms with Crippen molar-refractivity contribution >= 4 is 44.5 Å². The van der Waals surface area contributed by atoms with Crippen LogP contribution in [0.25, 0.3) is 55.7 Å². The molecule has 32 heavy (non-hydrogen) atoms. The highest BCUT2D eigenvalue weighted by Gasteiger charge is 2.14. The predicted molar refractivity (Wildman–Crippen MR) is 138 cm³/mol. The highest BCUT2D eigenvalue weighted by molar-refractivity contribution is 14.1. The lowest BCUT2D eigenvalue weighted by molar-refractivity contribution is 0.669. The van der Waals surface area contributed by atoms with E-state index in [0.717, 1.165) is 48.0 Å². The second kappa shape index (κ2) is 7.88. The number of nitrogens with zero attached hydrogens (tertiary/aromatic N) is 2. The van der Waals surface area contributed by atoms with Crippen LogP contribution in [0, 0.1) is 3.70 Å². The van der Waals surface area contributed by atoms with Crippen LogP contribution in [-0.4, -0.2) is 9.97 Å². The minimum Gasteiger partial charge on any atom is -0.456 e. The van der Waals surface area contributed by atoms with Gasteiger partial charge in [-0.05, 0) is 58.0 Å². The van der Waals surface area contributed by atoms with Crippen molar-refractivity contribution < 1.29 is 4.42 Å². The third kappa shape index (κ3) is 3.37. The minimum atomic E-state index is 0.692. The monoisotopic (exact) mass is 524 g/mol. The number of rotatable bonds is 3. The van der Waals surface area contributed by atoms with E-state index < -0.39 is 0 Å². The first-order chi connectivity index (χ1) is 15.8. The summed E-state index contributed by atoms with van der Waals surface area (Å²) in [5.74, 6) is 0.692. The standard InChI is InChI=1S/C28H17IN2O/c29-27-17-24(21-11-5-4-10-20(21)18-8-2-1-3-9-18)30-28(31-27)19-14-15-23-22-12-6-7-13-25(22)32-26(23)16-19/h1-17H. The number of halogens is 1. The Balaban J connectivity index is 1.50. The Morgan fingerprint density at radius 2 is 1.28 bits per heavy atom. The first kappa shape index (κ1) is 19.2. The molecule has 0 fully saturated rings. The van der Waals surface area contributed by atoms with Gasteiger partial charge in [0.15, 0.2) is 5.82 Å². The van der Waals surface area contributed by atoms with E-state index in [1.807, 2.05) is 36.4 Å². The van der Waals surface area contributed by atoms with Crippen LogP contribution in [0.1, 0.15) is 0 Å². The zero-order valence-corrected chi connectivity index (χ0v) is 19.2. The maximum Gasteiger partial charge on any atom is 0.161 e. The van der Waals surface area contributed by atoms with Crippen LogP contribution in [0.5, 0.6) is 0 Å². The van der Waals surface area contributed by atoms with E-state index in [1.54, 1.807) is 0 Å². The van der Waals surface area contributed by atoms with Crippen LogP contribution in [0.15, 0.2) is 108 Å². The summed E-state index contributed by atoms with van der Waals surface area (Å²) in [5, 5.41) is 2.22. The molecule has 4 aromatic carbocycles. The summed E-state index contributed by atoms with van der Waals surface area (Å²) >= 11 is 2.27. The Bertz CT molecular complexity index is 1590. The Morgan fingerprint density at radius 1 is 0.562 bits per heavy atom. The van der Waals surface area contributed by atoms with Gasteiger partial charge in [-0.2, -0.15) is 0 Å². The first-order valence-corrected chi connectivity index (χ1v) is 11.5. The van der Waals surface area contributed by atoms with Crippen molar-refractivity contribution in [1.29, 1.82) is 0 Å². The van der Waals surface area contributed by atoms with Gasteiger partial charge in [-0.25, -0.2) is 9.97 Å². The zero-order valence-electron chi connectivity index (χ0n) is 17.0. The van der Waals surface area contributed by atoms with Crippen molar-refractivity contribution in [1.82, 2.24) is 9.97 Å². The largest absolute Gasteiger partial charge is 0.456 e. The van der Waals surface area contributed by atoms with E-state index in [2.05, 4.69) is 89.3 Å². The SMILES string of the molecule is Ic1cc(-c2ccccc2-c2ccccc2)nc(-c2ccc3c(c2)oc2ccccc23)n1. The molecule has 0 atom stereocenters. The fraction of sp³-hybridized carbons (Fsp3) is 0. The molecular weight excluding hydrogens is 507 g/mol. The Labute approximate surface area is 198 Å². The van der Waals surface area contributed by atoms with Crippen LogP contribution in [0.2, 0.25) is 0 Å². The molecule has 0 unspecified atom stereocenters. The third-order valence-electron chi connectivity index (χ3n) is 5.62. The molecule has 0 saturated carbocycles. The van der Waals surface area contributed by atoms with Crippen LogP contribution in [0.3, 0.4) is 0 Å². The summed E-state index contributed by atoms with van der Waals surface area (Å²) in [6, 6.07) is 35.1. The summed E-state index contributed by atoms with van der Waals surface area (Å²) in [5.41, 5.74) is 6.99. The lowest BCUT2D eigenvalue weighted by Crippen LogP contribution is -1.96. The molecule has 0 aliphatic carbocycles. The average Bonchev–Trinajstić information content (AvgIpc) is 3.22. The average molecular weight is 524 g/mol. The van der Waals surface area contributed by atoms with Crippen LogP contribution in [-0.2, 0) is 0 Å². The molecule has 0 bridgehead atoms. The molecule has 4 heteroatoms. The quantitative estimate of drug-likeness (QED) is 0.174. The maximum absolute atomic E-state index is 6.08. The number of furan rings is 1. The molecule has 0 aliphatic heterocycles. The smallest absolute Gasteiger partial charge is 0.161 e. The molecular formula is C28H17IN2O. The van der Waals surface area contributed by atoms with Crippen LogP contribution < -0.4 is 0 Å². The molecule has 0 N–H and O–H groups in total. The molecule has 2 aromatic heterocycles. The van der Waals surface area contributed by atoms with Gasteiger partial charge in [-0.1, -0.05) is 78.9 Å². The molecule has 152 valence electrons. The van der Waals surface area contributed by atoms with E-state index >= 15 is 0 Å². The molecule has 6 rings (SSSR count). The van der Waals surface area contributed by atoms with Crippen molar-refractivity contribution in [3.63, 3.8) is 0 Å². The van der Waals surface area contributed by atoms with E-state index in [0.29, 0.717) is 5.82 Å². The highest BCUT2D eigenvalue weighted by atomic mass is 127. The van der Waals surface area contributed by atoms with E-state index in [4.69, 9.17) is 14.4 Å². The molecule has 0 radical (unpaired) electrons. The fourth-order valence-electron chi connectivity index (χ4n) is 4.13. The van der Waals surface area contributed by atoms with E-state index in [1.165, 1.54) is 5.56 Å². The Kier molecular flexibility index (Phi) is 4.72. The lowest BCUT2D eigenvalue weighted by atomic mass is 9.97. The van der Waals surface area contributed by atoms with Crippen molar-refractivity contribution in [3.05, 3.63) is 107 Å². The second-order valence-electron chi connectivity index (χ2n) is 7.62. The number of hydrogen-bond acceptors (Lipinski definition) is 3. The van der Waals surface area contributed by atoms with Crippen molar-refractivity contribution in [3.8, 4) is 33.8 Å². The molecule has 3 nitrogen and oxygen atoms in total. The summed E-state index contributed by atoms with van der Waals surface area (Å²) in [7, 11) is 0. The summed E-state index contributed by atoms with van der Waals surface area (Å²) in [6.07, 6.45) is 0. The van der Waals surface area contributed by atoms with Crippen LogP contribution in [0.4, 0.5) is 0 Å². The van der Waals surface area contributed by atoms with Gasteiger partial charge in [-0.3, -0.25) is 0 Å². The number of fused-ring (bicyclic) bond motifs is 3. The van der Waals surface area contributed by atoms with Gasteiger partial charge in [0.05, 0.1) is 5.69 Å². The fourth-order valence-corrected chi connectivity index (χ4v) is 4.65. The van der Waals surface area contributed by atoms with E-state index in [-0.39, 0.29) is 0 Å². The summed E-state index contributed by atoms with van der Waals surface area (Å²) in [6.45, 7) is 0. The van der Waals surface area contributed by atoms with Gasteiger partial charge in [-0.15, -0.1) is 0 Å². The van der Waals surface area contributed by atoms with Crippen molar-refractivity contribution in [2.75, 3.05) is 0 Å². The van der Waals surface area contributed by atoms with E-state index in [9.17, 15) is 0 Å². The van der Waals surface area contributed by atoms with Crippen molar-refractivity contribution in [2.45, 2.75) is 0 Å². The van der Waals surface area contributed by atoms with Crippen molar-refractivity contribution in [2.24, 2.45) is 0 Å². The third-order valence-corrected chi connectivity index (χ3v) is 6.17. The van der Waals surface area contributed by atoms with Gasteiger partial charge in [0.25, 0.3) is 0 Å². The van der Waals surface area contributed by atoms with Gasteiger partial charge in [0.1, 0.15) is 14.9 Å². The normalized spacial score (nSPS) is 11.3. The van der Waals surface area contributed by atoms with Crippen LogP contribution >= 0.6 is 22.6 Å². The maximum atomic E-state index is 6.08. The van der Waals surface area contributed by atoms with Gasteiger partial charge < -0.3 is 4.42 Å². The zero-order chi connectivity index (χ0) is 21.5. The number of para-hydroxylation sites is 1. The number of aromatic nitrogens is 2. The van der Waals surface area contributed by atoms with Gasteiger partial charge >= 0.3 is 0 Å². The first-order valence-electron chi connectivity index (χ1n) is 10.4. The molecule has 0 saturated heterocycles. The van der Waals surface area contributed by atoms with Gasteiger partial charge in [0, 0.05) is 21.9 Å².